The lowest BCUT2D eigenvalue weighted by atomic mass is 9.68. The molecule has 0 bridgehead atoms. The third-order valence-corrected chi connectivity index (χ3v) is 5.09. The van der Waals surface area contributed by atoms with Gasteiger partial charge in [0.2, 0.25) is 0 Å². The van der Waals surface area contributed by atoms with Gasteiger partial charge in [-0.15, -0.1) is 11.3 Å². The first-order valence-corrected chi connectivity index (χ1v) is 7.46. The minimum Gasteiger partial charge on any atom is -0.387 e. The van der Waals surface area contributed by atoms with Crippen molar-refractivity contribution in [3.8, 4) is 0 Å². The topological polar surface area (TPSA) is 59.1 Å². The van der Waals surface area contributed by atoms with Crippen LogP contribution in [0.1, 0.15) is 28.5 Å². The minimum absolute atomic E-state index is 0.249. The lowest BCUT2D eigenvalue weighted by Crippen LogP contribution is -2.41. The Morgan fingerprint density at radius 1 is 1.37 bits per heavy atom. The minimum atomic E-state index is -0.515. The Hall–Kier alpha value is -1.23. The Balaban J connectivity index is 1.94. The van der Waals surface area contributed by atoms with Crippen LogP contribution in [0.5, 0.6) is 0 Å². The van der Waals surface area contributed by atoms with Gasteiger partial charge in [-0.25, -0.2) is 0 Å². The molecule has 19 heavy (non-hydrogen) atoms. The molecule has 1 aliphatic rings. The van der Waals surface area contributed by atoms with Gasteiger partial charge in [0.25, 0.3) is 0 Å². The quantitative estimate of drug-likeness (QED) is 0.903. The second kappa shape index (κ2) is 5.04. The number of aromatic nitrogens is 1. The van der Waals surface area contributed by atoms with Crippen molar-refractivity contribution < 1.29 is 5.11 Å². The zero-order chi connectivity index (χ0) is 13.3. The molecule has 0 spiro atoms. The summed E-state index contributed by atoms with van der Waals surface area (Å²) in [6.07, 6.45) is 4.01. The van der Waals surface area contributed by atoms with Crippen molar-refractivity contribution in [1.29, 1.82) is 0 Å². The number of nitrogens with zero attached hydrogens (tertiary/aromatic N) is 1. The maximum absolute atomic E-state index is 10.7. The van der Waals surface area contributed by atoms with Crippen LogP contribution < -0.4 is 5.73 Å². The number of thiazole rings is 1. The molecule has 100 valence electrons. The SMILES string of the molecule is NCC1(C(O)c2cncs2)CCc2ccccc2C1. The third-order valence-electron chi connectivity index (χ3n) is 4.26. The average molecular weight is 274 g/mol. The van der Waals surface area contributed by atoms with Crippen LogP contribution in [-0.2, 0) is 12.8 Å². The van der Waals surface area contributed by atoms with E-state index >= 15 is 0 Å². The van der Waals surface area contributed by atoms with E-state index in [1.165, 1.54) is 22.5 Å². The maximum atomic E-state index is 10.7. The molecule has 3 N–H and O–H groups in total. The van der Waals surface area contributed by atoms with Crippen molar-refractivity contribution in [3.63, 3.8) is 0 Å². The molecule has 4 heteroatoms. The summed E-state index contributed by atoms with van der Waals surface area (Å²) in [5.74, 6) is 0. The van der Waals surface area contributed by atoms with E-state index in [2.05, 4.69) is 29.2 Å². The predicted octanol–water partition coefficient (Wildman–Crippen LogP) is 2.31. The Labute approximate surface area is 117 Å². The molecule has 1 heterocycles. The Morgan fingerprint density at radius 2 is 2.16 bits per heavy atom. The summed E-state index contributed by atoms with van der Waals surface area (Å²) < 4.78 is 0. The molecule has 0 saturated carbocycles. The van der Waals surface area contributed by atoms with Crippen LogP contribution in [-0.4, -0.2) is 16.6 Å². The second-order valence-electron chi connectivity index (χ2n) is 5.32. The molecule has 0 fully saturated rings. The number of aliphatic hydroxyl groups excluding tert-OH is 1. The molecule has 1 aliphatic carbocycles. The number of aryl methyl sites for hydroxylation is 1. The summed E-state index contributed by atoms with van der Waals surface area (Å²) in [5, 5.41) is 10.7. The van der Waals surface area contributed by atoms with Crippen molar-refractivity contribution in [2.75, 3.05) is 6.54 Å². The molecule has 2 unspecified atom stereocenters. The second-order valence-corrected chi connectivity index (χ2v) is 6.24. The maximum Gasteiger partial charge on any atom is 0.0969 e. The molecule has 3 nitrogen and oxygen atoms in total. The van der Waals surface area contributed by atoms with E-state index in [1.807, 2.05) is 0 Å². The molecule has 0 amide bonds. The van der Waals surface area contributed by atoms with E-state index in [-0.39, 0.29) is 5.41 Å². The van der Waals surface area contributed by atoms with Gasteiger partial charge in [0.15, 0.2) is 0 Å². The standard InChI is InChI=1S/C15H18N2OS/c16-9-15(14(18)13-8-17-10-19-13)6-5-11-3-1-2-4-12(11)7-15/h1-4,8,10,14,18H,5-7,9,16H2. The highest BCUT2D eigenvalue weighted by atomic mass is 32.1. The predicted molar refractivity (Wildman–Crippen MR) is 77.0 cm³/mol. The fourth-order valence-electron chi connectivity index (χ4n) is 3.01. The first kappa shape index (κ1) is 12.8. The van der Waals surface area contributed by atoms with Gasteiger partial charge >= 0.3 is 0 Å². The highest BCUT2D eigenvalue weighted by Gasteiger charge is 2.40. The fourth-order valence-corrected chi connectivity index (χ4v) is 3.75. The molecule has 0 aliphatic heterocycles. The summed E-state index contributed by atoms with van der Waals surface area (Å²) >= 11 is 1.50. The van der Waals surface area contributed by atoms with Gasteiger partial charge in [-0.1, -0.05) is 24.3 Å². The number of aliphatic hydroxyl groups is 1. The first-order valence-electron chi connectivity index (χ1n) is 6.58. The van der Waals surface area contributed by atoms with Crippen molar-refractivity contribution in [2.24, 2.45) is 11.1 Å². The van der Waals surface area contributed by atoms with Gasteiger partial charge in [0, 0.05) is 18.2 Å². The van der Waals surface area contributed by atoms with Crippen LogP contribution in [0.25, 0.3) is 0 Å². The first-order chi connectivity index (χ1) is 9.25. The third kappa shape index (κ3) is 2.20. The van der Waals surface area contributed by atoms with Crippen LogP contribution in [0, 0.1) is 5.41 Å². The number of rotatable bonds is 3. The zero-order valence-corrected chi connectivity index (χ0v) is 11.6. The van der Waals surface area contributed by atoms with Gasteiger partial charge in [-0.05, 0) is 30.4 Å². The van der Waals surface area contributed by atoms with E-state index < -0.39 is 6.10 Å². The largest absolute Gasteiger partial charge is 0.387 e. The molecular formula is C15H18N2OS. The molecular weight excluding hydrogens is 256 g/mol. The molecule has 3 rings (SSSR count). The van der Waals surface area contributed by atoms with Crippen molar-refractivity contribution in [2.45, 2.75) is 25.4 Å². The summed E-state index contributed by atoms with van der Waals surface area (Å²) in [4.78, 5) is 4.99. The molecule has 2 aromatic rings. The van der Waals surface area contributed by atoms with Crippen LogP contribution in [0.3, 0.4) is 0 Å². The van der Waals surface area contributed by atoms with Gasteiger partial charge in [0.05, 0.1) is 16.5 Å². The lowest BCUT2D eigenvalue weighted by Gasteiger charge is -2.40. The fraction of sp³-hybridized carbons (Fsp3) is 0.400. The lowest BCUT2D eigenvalue weighted by molar-refractivity contribution is 0.0203. The Kier molecular flexibility index (Phi) is 3.39. The summed E-state index contributed by atoms with van der Waals surface area (Å²) in [5.41, 5.74) is 10.3. The zero-order valence-electron chi connectivity index (χ0n) is 10.7. The molecule has 0 radical (unpaired) electrons. The van der Waals surface area contributed by atoms with Crippen molar-refractivity contribution in [1.82, 2.24) is 4.98 Å². The highest BCUT2D eigenvalue weighted by Crippen LogP contribution is 2.44. The van der Waals surface area contributed by atoms with Crippen molar-refractivity contribution >= 4 is 11.3 Å². The van der Waals surface area contributed by atoms with Crippen LogP contribution in [0.15, 0.2) is 36.0 Å². The Morgan fingerprint density at radius 3 is 2.84 bits per heavy atom. The summed E-state index contributed by atoms with van der Waals surface area (Å²) in [6.45, 7) is 0.500. The molecule has 1 aromatic heterocycles. The van der Waals surface area contributed by atoms with Crippen LogP contribution in [0.2, 0.25) is 0 Å². The van der Waals surface area contributed by atoms with E-state index in [0.29, 0.717) is 6.54 Å². The average Bonchev–Trinajstić information content (AvgIpc) is 3.00. The van der Waals surface area contributed by atoms with Gasteiger partial charge < -0.3 is 10.8 Å². The summed E-state index contributed by atoms with van der Waals surface area (Å²) in [7, 11) is 0. The summed E-state index contributed by atoms with van der Waals surface area (Å²) in [6, 6.07) is 8.46. The van der Waals surface area contributed by atoms with E-state index in [4.69, 9.17) is 5.73 Å². The van der Waals surface area contributed by atoms with Gasteiger partial charge in [0.1, 0.15) is 0 Å². The van der Waals surface area contributed by atoms with Crippen molar-refractivity contribution in [3.05, 3.63) is 52.0 Å². The van der Waals surface area contributed by atoms with Gasteiger partial charge in [-0.2, -0.15) is 0 Å². The molecule has 2 atom stereocenters. The number of nitrogens with two attached hydrogens (primary N) is 1. The van der Waals surface area contributed by atoms with Crippen LogP contribution >= 0.6 is 11.3 Å². The highest BCUT2D eigenvalue weighted by molar-refractivity contribution is 7.09. The monoisotopic (exact) mass is 274 g/mol. The number of hydrogen-bond donors (Lipinski definition) is 2. The van der Waals surface area contributed by atoms with E-state index in [1.54, 1.807) is 11.7 Å². The normalized spacial score (nSPS) is 23.9. The van der Waals surface area contributed by atoms with E-state index in [9.17, 15) is 5.11 Å². The smallest absolute Gasteiger partial charge is 0.0969 e. The molecule has 0 saturated heterocycles. The number of benzene rings is 1. The van der Waals surface area contributed by atoms with E-state index in [0.717, 1.165) is 24.1 Å². The number of fused-ring (bicyclic) bond motifs is 1. The number of hydrogen-bond acceptors (Lipinski definition) is 4. The molecule has 1 aromatic carbocycles. The Bertz CT molecular complexity index is 555. The van der Waals surface area contributed by atoms with Gasteiger partial charge in [-0.3, -0.25) is 4.98 Å². The van der Waals surface area contributed by atoms with Crippen LogP contribution in [0.4, 0.5) is 0 Å².